The van der Waals surface area contributed by atoms with Gasteiger partial charge in [-0.3, -0.25) is 10.1 Å². The zero-order valence-electron chi connectivity index (χ0n) is 11.6. The summed E-state index contributed by atoms with van der Waals surface area (Å²) in [6.07, 6.45) is 0. The molecule has 0 aliphatic carbocycles. The number of benzene rings is 1. The van der Waals surface area contributed by atoms with Crippen LogP contribution in [0.5, 0.6) is 5.75 Å². The molecule has 0 bridgehead atoms. The summed E-state index contributed by atoms with van der Waals surface area (Å²) >= 11 is 1.75. The van der Waals surface area contributed by atoms with Crippen LogP contribution in [-0.2, 0) is 11.3 Å². The van der Waals surface area contributed by atoms with Crippen LogP contribution in [0.15, 0.2) is 12.1 Å². The smallest absolute Gasteiger partial charge is 0.238 e. The van der Waals surface area contributed by atoms with Crippen molar-refractivity contribution < 1.29 is 9.53 Å². The van der Waals surface area contributed by atoms with Crippen molar-refractivity contribution in [2.45, 2.75) is 26.4 Å². The summed E-state index contributed by atoms with van der Waals surface area (Å²) < 4.78 is 5.42. The fraction of sp³-hybridized carbons (Fsp3) is 0.500. The third kappa shape index (κ3) is 3.42. The molecular weight excluding hydrogens is 260 g/mol. The zero-order valence-corrected chi connectivity index (χ0v) is 12.4. The maximum Gasteiger partial charge on any atom is 0.238 e. The van der Waals surface area contributed by atoms with Gasteiger partial charge in [0, 0.05) is 23.7 Å². The maximum absolute atomic E-state index is 12.0. The van der Waals surface area contributed by atoms with Gasteiger partial charge < -0.3 is 10.1 Å². The van der Waals surface area contributed by atoms with Crippen LogP contribution in [0.25, 0.3) is 0 Å². The minimum absolute atomic E-state index is 0.0613. The topological polar surface area (TPSA) is 50.4 Å². The van der Waals surface area contributed by atoms with Crippen LogP contribution in [-0.4, -0.2) is 30.7 Å². The van der Waals surface area contributed by atoms with Gasteiger partial charge in [0.2, 0.25) is 5.91 Å². The van der Waals surface area contributed by atoms with Crippen molar-refractivity contribution in [3.05, 3.63) is 28.8 Å². The second kappa shape index (κ2) is 6.30. The van der Waals surface area contributed by atoms with Crippen LogP contribution in [0.2, 0.25) is 0 Å². The number of hydrogen-bond acceptors (Lipinski definition) is 4. The van der Waals surface area contributed by atoms with E-state index in [-0.39, 0.29) is 11.9 Å². The molecule has 1 aliphatic heterocycles. The lowest BCUT2D eigenvalue weighted by Gasteiger charge is -2.15. The number of methoxy groups -OCH3 is 1. The van der Waals surface area contributed by atoms with Crippen LogP contribution in [0.1, 0.15) is 16.7 Å². The Morgan fingerprint density at radius 3 is 2.95 bits per heavy atom. The van der Waals surface area contributed by atoms with Crippen LogP contribution in [0.3, 0.4) is 0 Å². The molecule has 0 saturated carbocycles. The second-order valence-corrected chi connectivity index (χ2v) is 5.79. The first kappa shape index (κ1) is 14.2. The molecule has 1 aromatic rings. The highest BCUT2D eigenvalue weighted by Crippen LogP contribution is 2.25. The highest BCUT2D eigenvalue weighted by Gasteiger charge is 2.22. The molecule has 4 nitrogen and oxygen atoms in total. The minimum atomic E-state index is -0.0677. The molecule has 1 amide bonds. The predicted molar refractivity (Wildman–Crippen MR) is 78.6 cm³/mol. The van der Waals surface area contributed by atoms with Gasteiger partial charge in [0.05, 0.1) is 13.2 Å². The van der Waals surface area contributed by atoms with Gasteiger partial charge in [-0.2, -0.15) is 0 Å². The number of carbonyl (C=O) groups excluding carboxylic acids is 1. The Morgan fingerprint density at radius 2 is 2.32 bits per heavy atom. The second-order valence-electron chi connectivity index (χ2n) is 4.76. The number of rotatable bonds is 4. The molecule has 1 unspecified atom stereocenters. The maximum atomic E-state index is 12.0. The summed E-state index contributed by atoms with van der Waals surface area (Å²) in [6.45, 7) is 4.58. The van der Waals surface area contributed by atoms with Gasteiger partial charge in [-0.05, 0) is 19.4 Å². The van der Waals surface area contributed by atoms with Crippen molar-refractivity contribution in [3.63, 3.8) is 0 Å². The standard InChI is InChI=1S/C14H20N2O2S/c1-9-4-10(2)13(18-3)11(5-9)6-15-14(17)12-7-19-8-16-12/h4-5,12,16H,6-8H2,1-3H3,(H,15,17). The van der Waals surface area contributed by atoms with Gasteiger partial charge >= 0.3 is 0 Å². The summed E-state index contributed by atoms with van der Waals surface area (Å²) in [5.41, 5.74) is 3.30. The summed E-state index contributed by atoms with van der Waals surface area (Å²) in [7, 11) is 1.66. The number of carbonyl (C=O) groups is 1. The summed E-state index contributed by atoms with van der Waals surface area (Å²) in [5, 5.41) is 6.14. The summed E-state index contributed by atoms with van der Waals surface area (Å²) in [5.74, 6) is 2.62. The van der Waals surface area contributed by atoms with Crippen molar-refractivity contribution in [3.8, 4) is 5.75 Å². The first-order valence-electron chi connectivity index (χ1n) is 6.34. The number of thioether (sulfide) groups is 1. The van der Waals surface area contributed by atoms with E-state index in [1.54, 1.807) is 18.9 Å². The van der Waals surface area contributed by atoms with E-state index < -0.39 is 0 Å². The molecule has 0 radical (unpaired) electrons. The molecule has 1 heterocycles. The van der Waals surface area contributed by atoms with Gasteiger partial charge in [0.1, 0.15) is 5.75 Å². The molecule has 1 aromatic carbocycles. The van der Waals surface area contributed by atoms with Crippen LogP contribution < -0.4 is 15.4 Å². The number of nitrogens with one attached hydrogen (secondary N) is 2. The molecule has 0 spiro atoms. The molecule has 2 rings (SSSR count). The van der Waals surface area contributed by atoms with Crippen molar-refractivity contribution in [2.24, 2.45) is 0 Å². The molecule has 1 saturated heterocycles. The van der Waals surface area contributed by atoms with Crippen LogP contribution >= 0.6 is 11.8 Å². The van der Waals surface area contributed by atoms with E-state index in [1.807, 2.05) is 13.8 Å². The van der Waals surface area contributed by atoms with Crippen LogP contribution in [0.4, 0.5) is 0 Å². The molecule has 104 valence electrons. The first-order valence-corrected chi connectivity index (χ1v) is 7.50. The van der Waals surface area contributed by atoms with E-state index in [0.717, 1.165) is 28.5 Å². The van der Waals surface area contributed by atoms with Crippen molar-refractivity contribution in [1.82, 2.24) is 10.6 Å². The van der Waals surface area contributed by atoms with Crippen molar-refractivity contribution in [1.29, 1.82) is 0 Å². The van der Waals surface area contributed by atoms with E-state index in [4.69, 9.17) is 4.74 Å². The highest BCUT2D eigenvalue weighted by atomic mass is 32.2. The Labute approximate surface area is 118 Å². The average Bonchev–Trinajstić information content (AvgIpc) is 2.89. The average molecular weight is 280 g/mol. The Hall–Kier alpha value is -1.20. The number of amides is 1. The van der Waals surface area contributed by atoms with E-state index in [9.17, 15) is 4.79 Å². The number of ether oxygens (including phenoxy) is 1. The van der Waals surface area contributed by atoms with Gasteiger partial charge in [0.25, 0.3) is 0 Å². The molecule has 5 heteroatoms. The molecule has 1 fully saturated rings. The molecule has 19 heavy (non-hydrogen) atoms. The number of hydrogen-bond donors (Lipinski definition) is 2. The van der Waals surface area contributed by atoms with Crippen LogP contribution in [0, 0.1) is 13.8 Å². The largest absolute Gasteiger partial charge is 0.496 e. The fourth-order valence-electron chi connectivity index (χ4n) is 2.33. The van der Waals surface area contributed by atoms with E-state index >= 15 is 0 Å². The van der Waals surface area contributed by atoms with Gasteiger partial charge in [-0.1, -0.05) is 17.7 Å². The van der Waals surface area contributed by atoms with Gasteiger partial charge in [-0.15, -0.1) is 11.8 Å². The summed E-state index contributed by atoms with van der Waals surface area (Å²) in [6, 6.07) is 4.07. The zero-order chi connectivity index (χ0) is 13.8. The lowest BCUT2D eigenvalue weighted by atomic mass is 10.1. The molecule has 1 aliphatic rings. The van der Waals surface area contributed by atoms with Gasteiger partial charge in [0.15, 0.2) is 0 Å². The quantitative estimate of drug-likeness (QED) is 0.879. The fourth-order valence-corrected chi connectivity index (χ4v) is 3.28. The lowest BCUT2D eigenvalue weighted by molar-refractivity contribution is -0.122. The minimum Gasteiger partial charge on any atom is -0.496 e. The molecular formula is C14H20N2O2S. The first-order chi connectivity index (χ1) is 9.11. The summed E-state index contributed by atoms with van der Waals surface area (Å²) in [4.78, 5) is 12.0. The Morgan fingerprint density at radius 1 is 1.53 bits per heavy atom. The lowest BCUT2D eigenvalue weighted by Crippen LogP contribution is -2.41. The third-order valence-corrected chi connectivity index (χ3v) is 4.13. The third-order valence-electron chi connectivity index (χ3n) is 3.19. The monoisotopic (exact) mass is 280 g/mol. The van der Waals surface area contributed by atoms with E-state index in [1.165, 1.54) is 5.56 Å². The normalized spacial score (nSPS) is 18.4. The SMILES string of the molecule is COc1c(C)cc(C)cc1CNC(=O)C1CSCN1. The van der Waals surface area contributed by atoms with Crippen molar-refractivity contribution >= 4 is 17.7 Å². The number of aryl methyl sites for hydroxylation is 2. The molecule has 2 N–H and O–H groups in total. The van der Waals surface area contributed by atoms with E-state index in [2.05, 4.69) is 22.8 Å². The highest BCUT2D eigenvalue weighted by molar-refractivity contribution is 7.99. The van der Waals surface area contributed by atoms with E-state index in [0.29, 0.717) is 6.54 Å². The Kier molecular flexibility index (Phi) is 4.71. The molecule has 0 aromatic heterocycles. The predicted octanol–water partition coefficient (Wildman–Crippen LogP) is 1.59. The molecule has 1 atom stereocenters. The Balaban J connectivity index is 2.04. The Bertz CT molecular complexity index is 471. The van der Waals surface area contributed by atoms with Gasteiger partial charge in [-0.25, -0.2) is 0 Å². The van der Waals surface area contributed by atoms with Crippen molar-refractivity contribution in [2.75, 3.05) is 18.7 Å².